The maximum atomic E-state index is 12.9. The van der Waals surface area contributed by atoms with E-state index in [0.29, 0.717) is 12.2 Å². The molecule has 0 amide bonds. The van der Waals surface area contributed by atoms with Gasteiger partial charge in [-0.05, 0) is 40.2 Å². The minimum Gasteiger partial charge on any atom is -0.379 e. The third-order valence-corrected chi connectivity index (χ3v) is 2.55. The Kier molecular flexibility index (Phi) is 3.68. The van der Waals surface area contributed by atoms with Crippen LogP contribution in [0.4, 0.5) is 14.5 Å². The summed E-state index contributed by atoms with van der Waals surface area (Å²) in [4.78, 5) is 4.20. The van der Waals surface area contributed by atoms with Gasteiger partial charge < -0.3 is 5.32 Å². The molecule has 1 aromatic carbocycles. The van der Waals surface area contributed by atoms with Crippen LogP contribution in [0.25, 0.3) is 0 Å². The highest BCUT2D eigenvalue weighted by Crippen LogP contribution is 2.14. The Morgan fingerprint density at radius 3 is 2.47 bits per heavy atom. The fourth-order valence-corrected chi connectivity index (χ4v) is 1.78. The maximum absolute atomic E-state index is 12.9. The predicted octanol–water partition coefficient (Wildman–Crippen LogP) is 3.73. The van der Waals surface area contributed by atoms with Gasteiger partial charge in [0.25, 0.3) is 0 Å². The summed E-state index contributed by atoms with van der Waals surface area (Å²) in [5.74, 6) is -1.20. The van der Waals surface area contributed by atoms with Gasteiger partial charge in [0.1, 0.15) is 16.2 Å². The number of hydrogen-bond donors (Lipinski definition) is 1. The SMILES string of the molecule is Fc1cc(F)cc(NCc2cccc(Br)n2)c1. The summed E-state index contributed by atoms with van der Waals surface area (Å²) in [5, 5.41) is 2.91. The van der Waals surface area contributed by atoms with Crippen molar-refractivity contribution in [2.24, 2.45) is 0 Å². The first-order chi connectivity index (χ1) is 8.13. The van der Waals surface area contributed by atoms with Crippen LogP contribution in [-0.2, 0) is 6.54 Å². The molecular weight excluding hydrogens is 290 g/mol. The van der Waals surface area contributed by atoms with Crippen LogP contribution in [0.5, 0.6) is 0 Å². The molecule has 2 rings (SSSR count). The van der Waals surface area contributed by atoms with Gasteiger partial charge in [0.2, 0.25) is 0 Å². The lowest BCUT2D eigenvalue weighted by atomic mass is 10.3. The van der Waals surface area contributed by atoms with Crippen LogP contribution in [0.15, 0.2) is 41.0 Å². The standard InChI is InChI=1S/C12H9BrF2N2/c13-12-3-1-2-10(17-12)7-16-11-5-8(14)4-9(15)6-11/h1-6,16H,7H2. The van der Waals surface area contributed by atoms with E-state index in [2.05, 4.69) is 26.2 Å². The van der Waals surface area contributed by atoms with Crippen molar-refractivity contribution in [2.75, 3.05) is 5.32 Å². The van der Waals surface area contributed by atoms with E-state index in [9.17, 15) is 8.78 Å². The van der Waals surface area contributed by atoms with Crippen LogP contribution in [0.3, 0.4) is 0 Å². The van der Waals surface area contributed by atoms with E-state index >= 15 is 0 Å². The van der Waals surface area contributed by atoms with Gasteiger partial charge in [0, 0.05) is 11.8 Å². The highest BCUT2D eigenvalue weighted by atomic mass is 79.9. The van der Waals surface area contributed by atoms with Gasteiger partial charge >= 0.3 is 0 Å². The second kappa shape index (κ2) is 5.23. The number of benzene rings is 1. The minimum atomic E-state index is -0.602. The van der Waals surface area contributed by atoms with Crippen LogP contribution in [-0.4, -0.2) is 4.98 Å². The number of anilines is 1. The van der Waals surface area contributed by atoms with Gasteiger partial charge in [-0.15, -0.1) is 0 Å². The molecule has 17 heavy (non-hydrogen) atoms. The second-order valence-corrected chi connectivity index (χ2v) is 4.28. The Hall–Kier alpha value is -1.49. The van der Waals surface area contributed by atoms with Crippen LogP contribution in [0.1, 0.15) is 5.69 Å². The predicted molar refractivity (Wildman–Crippen MR) is 65.6 cm³/mol. The molecule has 1 aromatic heterocycles. The Morgan fingerprint density at radius 1 is 1.12 bits per heavy atom. The molecule has 0 fully saturated rings. The summed E-state index contributed by atoms with van der Waals surface area (Å²) >= 11 is 3.25. The van der Waals surface area contributed by atoms with E-state index in [1.165, 1.54) is 12.1 Å². The Bertz CT molecular complexity index is 511. The van der Waals surface area contributed by atoms with Crippen LogP contribution in [0, 0.1) is 11.6 Å². The van der Waals surface area contributed by atoms with E-state index in [4.69, 9.17) is 0 Å². The van der Waals surface area contributed by atoms with Gasteiger partial charge in [-0.1, -0.05) is 6.07 Å². The third kappa shape index (κ3) is 3.49. The first kappa shape index (κ1) is 12.0. The van der Waals surface area contributed by atoms with Crippen molar-refractivity contribution in [3.63, 3.8) is 0 Å². The molecule has 0 atom stereocenters. The molecule has 0 saturated heterocycles. The van der Waals surface area contributed by atoms with Crippen LogP contribution in [0.2, 0.25) is 0 Å². The number of nitrogens with zero attached hydrogens (tertiary/aromatic N) is 1. The molecule has 0 radical (unpaired) electrons. The first-order valence-electron chi connectivity index (χ1n) is 4.95. The zero-order valence-electron chi connectivity index (χ0n) is 8.75. The number of nitrogens with one attached hydrogen (secondary N) is 1. The summed E-state index contributed by atoms with van der Waals surface area (Å²) in [6.45, 7) is 0.405. The van der Waals surface area contributed by atoms with Gasteiger partial charge in [-0.25, -0.2) is 13.8 Å². The molecule has 0 aliphatic rings. The quantitative estimate of drug-likeness (QED) is 0.873. The fourth-order valence-electron chi connectivity index (χ4n) is 1.40. The zero-order valence-corrected chi connectivity index (χ0v) is 10.3. The molecular formula is C12H9BrF2N2. The largest absolute Gasteiger partial charge is 0.379 e. The molecule has 2 aromatic rings. The zero-order chi connectivity index (χ0) is 12.3. The van der Waals surface area contributed by atoms with E-state index in [1.807, 2.05) is 18.2 Å². The number of halogens is 3. The van der Waals surface area contributed by atoms with Crippen molar-refractivity contribution in [3.8, 4) is 0 Å². The molecule has 0 bridgehead atoms. The Labute approximate surface area is 106 Å². The van der Waals surface area contributed by atoms with Crippen molar-refractivity contribution in [2.45, 2.75) is 6.54 Å². The molecule has 5 heteroatoms. The molecule has 88 valence electrons. The molecule has 1 heterocycles. The summed E-state index contributed by atoms with van der Waals surface area (Å²) < 4.78 is 26.6. The molecule has 0 unspecified atom stereocenters. The van der Waals surface area contributed by atoms with Crippen molar-refractivity contribution in [1.29, 1.82) is 0 Å². The number of rotatable bonds is 3. The van der Waals surface area contributed by atoms with E-state index in [0.717, 1.165) is 16.4 Å². The number of aromatic nitrogens is 1. The highest BCUT2D eigenvalue weighted by Gasteiger charge is 2.01. The summed E-state index contributed by atoms with van der Waals surface area (Å²) in [7, 11) is 0. The van der Waals surface area contributed by atoms with Gasteiger partial charge in [0.05, 0.1) is 12.2 Å². The maximum Gasteiger partial charge on any atom is 0.128 e. The van der Waals surface area contributed by atoms with Gasteiger partial charge in [-0.2, -0.15) is 0 Å². The summed E-state index contributed by atoms with van der Waals surface area (Å²) in [6.07, 6.45) is 0. The molecule has 0 aliphatic heterocycles. The monoisotopic (exact) mass is 298 g/mol. The number of pyridine rings is 1. The Balaban J connectivity index is 2.07. The van der Waals surface area contributed by atoms with Gasteiger partial charge in [0.15, 0.2) is 0 Å². The average Bonchev–Trinajstić information content (AvgIpc) is 2.25. The highest BCUT2D eigenvalue weighted by molar-refractivity contribution is 9.10. The second-order valence-electron chi connectivity index (χ2n) is 3.46. The average molecular weight is 299 g/mol. The third-order valence-electron chi connectivity index (χ3n) is 2.11. The smallest absolute Gasteiger partial charge is 0.128 e. The molecule has 0 saturated carbocycles. The van der Waals surface area contributed by atoms with Crippen molar-refractivity contribution in [3.05, 3.63) is 58.3 Å². The van der Waals surface area contributed by atoms with E-state index < -0.39 is 11.6 Å². The first-order valence-corrected chi connectivity index (χ1v) is 5.74. The number of hydrogen-bond acceptors (Lipinski definition) is 2. The molecule has 0 spiro atoms. The van der Waals surface area contributed by atoms with Crippen LogP contribution < -0.4 is 5.32 Å². The lowest BCUT2D eigenvalue weighted by Gasteiger charge is -2.06. The van der Waals surface area contributed by atoms with Crippen molar-refractivity contribution >= 4 is 21.6 Å². The van der Waals surface area contributed by atoms with Crippen molar-refractivity contribution in [1.82, 2.24) is 4.98 Å². The Morgan fingerprint density at radius 2 is 1.82 bits per heavy atom. The topological polar surface area (TPSA) is 24.9 Å². The molecule has 1 N–H and O–H groups in total. The molecule has 2 nitrogen and oxygen atoms in total. The van der Waals surface area contributed by atoms with Crippen LogP contribution >= 0.6 is 15.9 Å². The normalized spacial score (nSPS) is 10.3. The van der Waals surface area contributed by atoms with Gasteiger partial charge in [-0.3, -0.25) is 0 Å². The lowest BCUT2D eigenvalue weighted by molar-refractivity contribution is 0.584. The molecule has 0 aliphatic carbocycles. The fraction of sp³-hybridized carbons (Fsp3) is 0.0833. The van der Waals surface area contributed by atoms with Crippen molar-refractivity contribution < 1.29 is 8.78 Å². The summed E-state index contributed by atoms with van der Waals surface area (Å²) in [5.41, 5.74) is 1.17. The minimum absolute atomic E-state index is 0.393. The lowest BCUT2D eigenvalue weighted by Crippen LogP contribution is -2.02. The van der Waals surface area contributed by atoms with E-state index in [-0.39, 0.29) is 0 Å². The van der Waals surface area contributed by atoms with E-state index in [1.54, 1.807) is 0 Å². The summed E-state index contributed by atoms with van der Waals surface area (Å²) in [6, 6.07) is 8.80.